The Kier molecular flexibility index (Phi) is 8.19. The monoisotopic (exact) mass is 533 g/mol. The van der Waals surface area contributed by atoms with Crippen LogP contribution in [0.15, 0.2) is 22.7 Å². The van der Waals surface area contributed by atoms with Crippen molar-refractivity contribution >= 4 is 38.6 Å². The molecule has 2 amide bonds. The number of hydrogen-bond donors (Lipinski definition) is 4. The minimum absolute atomic E-state index is 0.170. The summed E-state index contributed by atoms with van der Waals surface area (Å²) in [7, 11) is 0. The molecule has 3 atom stereocenters. The molecule has 182 valence electrons. The molecule has 0 bridgehead atoms. The maximum Gasteiger partial charge on any atom is 0.271 e. The van der Waals surface area contributed by atoms with Crippen molar-refractivity contribution in [3.63, 3.8) is 0 Å². The summed E-state index contributed by atoms with van der Waals surface area (Å²) in [5, 5.41) is 18.6. The molecular formula is C24H29BrFN5O3. The summed E-state index contributed by atoms with van der Waals surface area (Å²) in [5.41, 5.74) is 0.278. The van der Waals surface area contributed by atoms with Gasteiger partial charge in [-0.1, -0.05) is 28.8 Å². The van der Waals surface area contributed by atoms with Gasteiger partial charge in [0.2, 0.25) is 5.91 Å². The third-order valence-corrected chi connectivity index (χ3v) is 6.87. The molecule has 1 aromatic heterocycles. The second-order valence-electron chi connectivity index (χ2n) is 9.16. The molecule has 1 aliphatic heterocycles. The molecule has 2 aliphatic rings. The van der Waals surface area contributed by atoms with Gasteiger partial charge in [-0.05, 0) is 62.3 Å². The van der Waals surface area contributed by atoms with E-state index in [0.29, 0.717) is 43.0 Å². The van der Waals surface area contributed by atoms with Gasteiger partial charge in [-0.2, -0.15) is 5.26 Å². The summed E-state index contributed by atoms with van der Waals surface area (Å²) in [6.07, 6.45) is 4.80. The number of aromatic amines is 1. The number of nitriles is 1. The van der Waals surface area contributed by atoms with Crippen LogP contribution in [0.25, 0.3) is 10.9 Å². The molecule has 1 aliphatic carbocycles. The minimum atomic E-state index is -0.841. The predicted octanol–water partition coefficient (Wildman–Crippen LogP) is 3.34. The van der Waals surface area contributed by atoms with E-state index < -0.39 is 29.7 Å². The zero-order valence-electron chi connectivity index (χ0n) is 18.8. The van der Waals surface area contributed by atoms with Crippen LogP contribution in [0.1, 0.15) is 49.0 Å². The first-order valence-corrected chi connectivity index (χ1v) is 12.5. The van der Waals surface area contributed by atoms with Crippen LogP contribution in [-0.2, 0) is 9.53 Å². The predicted molar refractivity (Wildman–Crippen MR) is 128 cm³/mol. The number of amides is 2. The van der Waals surface area contributed by atoms with Crippen molar-refractivity contribution in [3.05, 3.63) is 34.2 Å². The van der Waals surface area contributed by atoms with Crippen molar-refractivity contribution in [3.8, 4) is 6.07 Å². The molecule has 1 saturated carbocycles. The highest BCUT2D eigenvalue weighted by atomic mass is 79.9. The largest absolute Gasteiger partial charge is 0.366 e. The topological polar surface area (TPSA) is 119 Å². The Morgan fingerprint density at radius 1 is 1.24 bits per heavy atom. The number of H-pyrrole nitrogens is 1. The average Bonchev–Trinajstić information content (AvgIpc) is 3.55. The lowest BCUT2D eigenvalue weighted by Crippen LogP contribution is -2.50. The molecule has 1 aromatic carbocycles. The van der Waals surface area contributed by atoms with E-state index in [0.717, 1.165) is 36.7 Å². The third kappa shape index (κ3) is 6.34. The Labute approximate surface area is 206 Å². The number of nitrogens with one attached hydrogen (secondary N) is 4. The zero-order valence-corrected chi connectivity index (χ0v) is 20.4. The highest BCUT2D eigenvalue weighted by Gasteiger charge is 2.33. The molecule has 2 aromatic rings. The van der Waals surface area contributed by atoms with Crippen LogP contribution in [0.5, 0.6) is 0 Å². The van der Waals surface area contributed by atoms with Crippen LogP contribution in [0, 0.1) is 29.0 Å². The number of carbonyl (C=O) groups excluding carboxylic acids is 2. The molecule has 4 rings (SSSR count). The summed E-state index contributed by atoms with van der Waals surface area (Å²) in [4.78, 5) is 28.8. The van der Waals surface area contributed by atoms with E-state index in [1.54, 1.807) is 18.2 Å². The zero-order chi connectivity index (χ0) is 24.1. The summed E-state index contributed by atoms with van der Waals surface area (Å²) >= 11 is 3.34. The van der Waals surface area contributed by atoms with Gasteiger partial charge in [0.25, 0.3) is 5.91 Å². The Bertz CT molecular complexity index is 1070. The van der Waals surface area contributed by atoms with E-state index in [1.165, 1.54) is 0 Å². The van der Waals surface area contributed by atoms with Crippen LogP contribution < -0.4 is 16.0 Å². The second-order valence-corrected chi connectivity index (χ2v) is 10.1. The Morgan fingerprint density at radius 2 is 2.06 bits per heavy atom. The number of fused-ring (bicyclic) bond motifs is 1. The molecule has 4 N–H and O–H groups in total. The van der Waals surface area contributed by atoms with E-state index in [-0.39, 0.29) is 11.6 Å². The van der Waals surface area contributed by atoms with Crippen molar-refractivity contribution in [1.82, 2.24) is 20.9 Å². The number of carbonyl (C=O) groups is 2. The Hall–Kier alpha value is -2.48. The molecule has 3 unspecified atom stereocenters. The molecule has 34 heavy (non-hydrogen) atoms. The van der Waals surface area contributed by atoms with E-state index in [2.05, 4.69) is 42.9 Å². The highest BCUT2D eigenvalue weighted by molar-refractivity contribution is 9.10. The number of ether oxygens (including phenoxy) is 1. The first-order valence-electron chi connectivity index (χ1n) is 11.7. The lowest BCUT2D eigenvalue weighted by Gasteiger charge is -2.24. The van der Waals surface area contributed by atoms with Crippen LogP contribution in [0.3, 0.4) is 0 Å². The smallest absolute Gasteiger partial charge is 0.271 e. The van der Waals surface area contributed by atoms with Crippen LogP contribution >= 0.6 is 15.9 Å². The number of hydrogen-bond acceptors (Lipinski definition) is 5. The lowest BCUT2D eigenvalue weighted by molar-refractivity contribution is -0.123. The van der Waals surface area contributed by atoms with Gasteiger partial charge >= 0.3 is 0 Å². The van der Waals surface area contributed by atoms with Gasteiger partial charge in [-0.25, -0.2) is 4.39 Å². The van der Waals surface area contributed by atoms with Gasteiger partial charge in [-0.15, -0.1) is 0 Å². The van der Waals surface area contributed by atoms with Crippen LogP contribution in [0.2, 0.25) is 0 Å². The van der Waals surface area contributed by atoms with Gasteiger partial charge in [0.15, 0.2) is 5.82 Å². The number of benzene rings is 1. The summed E-state index contributed by atoms with van der Waals surface area (Å²) in [6, 6.07) is 5.62. The number of nitrogens with zero attached hydrogens (tertiary/aromatic N) is 1. The van der Waals surface area contributed by atoms with Crippen molar-refractivity contribution < 1.29 is 18.7 Å². The summed E-state index contributed by atoms with van der Waals surface area (Å²) in [5.74, 6) is -1.24. The van der Waals surface area contributed by atoms with Crippen molar-refractivity contribution in [1.29, 1.82) is 5.26 Å². The van der Waals surface area contributed by atoms with Gasteiger partial charge in [-0.3, -0.25) is 14.9 Å². The lowest BCUT2D eigenvalue weighted by atomic mass is 9.95. The molecular weight excluding hydrogens is 505 g/mol. The maximum absolute atomic E-state index is 14.9. The fourth-order valence-electron chi connectivity index (χ4n) is 4.35. The van der Waals surface area contributed by atoms with Gasteiger partial charge in [0.05, 0.1) is 24.9 Å². The molecule has 1 saturated heterocycles. The quantitative estimate of drug-likeness (QED) is 0.414. The normalized spacial score (nSPS) is 20.6. The SMILES string of the molecule is N#CC(CC1CCCNCOC1)NC(=O)C(CC1CC1)NC(=O)c1[nH]c2cc(Br)ccc2c1F. The first-order chi connectivity index (χ1) is 16.4. The highest BCUT2D eigenvalue weighted by Crippen LogP contribution is 2.34. The van der Waals surface area contributed by atoms with Crippen molar-refractivity contribution in [2.75, 3.05) is 19.9 Å². The van der Waals surface area contributed by atoms with Gasteiger partial charge in [0, 0.05) is 9.86 Å². The second kappa shape index (κ2) is 11.3. The Morgan fingerprint density at radius 3 is 2.82 bits per heavy atom. The van der Waals surface area contributed by atoms with E-state index in [1.807, 2.05) is 0 Å². The third-order valence-electron chi connectivity index (χ3n) is 6.38. The van der Waals surface area contributed by atoms with Crippen LogP contribution in [0.4, 0.5) is 4.39 Å². The van der Waals surface area contributed by atoms with Crippen LogP contribution in [-0.4, -0.2) is 48.8 Å². The Balaban J connectivity index is 1.42. The molecule has 8 nitrogen and oxygen atoms in total. The van der Waals surface area contributed by atoms with Crippen molar-refractivity contribution in [2.45, 2.75) is 50.6 Å². The average molecular weight is 534 g/mol. The summed E-state index contributed by atoms with van der Waals surface area (Å²) < 4.78 is 21.2. The van der Waals surface area contributed by atoms with Gasteiger partial charge in [0.1, 0.15) is 17.8 Å². The maximum atomic E-state index is 14.9. The molecule has 0 radical (unpaired) electrons. The number of aromatic nitrogens is 1. The minimum Gasteiger partial charge on any atom is -0.366 e. The van der Waals surface area contributed by atoms with E-state index >= 15 is 0 Å². The fourth-order valence-corrected chi connectivity index (χ4v) is 4.71. The van der Waals surface area contributed by atoms with E-state index in [4.69, 9.17) is 4.74 Å². The molecule has 2 fully saturated rings. The van der Waals surface area contributed by atoms with E-state index in [9.17, 15) is 19.2 Å². The first kappa shape index (κ1) is 24.6. The molecule has 10 heteroatoms. The van der Waals surface area contributed by atoms with Gasteiger partial charge < -0.3 is 20.4 Å². The number of rotatable bonds is 8. The number of halogens is 2. The molecule has 0 spiro atoms. The standard InChI is InChI=1S/C24H29BrFN5O3/c25-16-5-6-18-19(10-16)30-22(21(18)26)24(33)31-20(9-14-3-4-14)23(32)29-17(11-27)8-15-2-1-7-28-13-34-12-15/h5-6,10,14-15,17,20,28,30H,1-4,7-9,12-13H2,(H,29,32)(H,31,33). The van der Waals surface area contributed by atoms with Crippen molar-refractivity contribution in [2.24, 2.45) is 11.8 Å². The molecule has 2 heterocycles. The summed E-state index contributed by atoms with van der Waals surface area (Å²) in [6.45, 7) is 1.87. The fraction of sp³-hybridized carbons (Fsp3) is 0.542.